The van der Waals surface area contributed by atoms with Crippen LogP contribution in [0, 0.1) is 0 Å². The molecule has 0 radical (unpaired) electrons. The Kier molecular flexibility index (Phi) is 9.03. The Labute approximate surface area is 235 Å². The van der Waals surface area contributed by atoms with E-state index in [1.165, 1.54) is 0 Å². The van der Waals surface area contributed by atoms with Crippen molar-refractivity contribution in [3.05, 3.63) is 84.3 Å². The summed E-state index contributed by atoms with van der Waals surface area (Å²) in [5.41, 5.74) is 3.43. The van der Waals surface area contributed by atoms with E-state index in [0.717, 1.165) is 67.7 Å². The van der Waals surface area contributed by atoms with E-state index in [-0.39, 0.29) is 18.1 Å². The van der Waals surface area contributed by atoms with Crippen LogP contribution in [0.5, 0.6) is 0 Å². The third-order valence-corrected chi connectivity index (χ3v) is 7.22. The molecule has 9 heteroatoms. The second-order valence-electron chi connectivity index (χ2n) is 10.2. The van der Waals surface area contributed by atoms with E-state index in [9.17, 15) is 9.90 Å². The lowest BCUT2D eigenvalue weighted by Gasteiger charge is -2.27. The second kappa shape index (κ2) is 13.2. The number of benzene rings is 2. The van der Waals surface area contributed by atoms with Gasteiger partial charge in [-0.15, -0.1) is 0 Å². The van der Waals surface area contributed by atoms with Gasteiger partial charge in [0.15, 0.2) is 0 Å². The van der Waals surface area contributed by atoms with E-state index in [1.54, 1.807) is 12.4 Å². The molecule has 1 saturated carbocycles. The van der Waals surface area contributed by atoms with Gasteiger partial charge in [0.05, 0.1) is 6.10 Å². The first-order valence-corrected chi connectivity index (χ1v) is 14.1. The van der Waals surface area contributed by atoms with Crippen molar-refractivity contribution in [3.63, 3.8) is 0 Å². The minimum absolute atomic E-state index is 0.157. The summed E-state index contributed by atoms with van der Waals surface area (Å²) < 4.78 is 2.05. The largest absolute Gasteiger partial charge is 0.393 e. The first-order valence-electron chi connectivity index (χ1n) is 14.1. The van der Waals surface area contributed by atoms with Crippen molar-refractivity contribution >= 4 is 17.7 Å². The average Bonchev–Trinajstić information content (AvgIpc) is 3.48. The van der Waals surface area contributed by atoms with E-state index in [1.807, 2.05) is 65.4 Å². The van der Waals surface area contributed by atoms with Crippen LogP contribution in [0.2, 0.25) is 0 Å². The number of carbonyl (C=O) groups is 1. The van der Waals surface area contributed by atoms with Gasteiger partial charge in [0.25, 0.3) is 5.91 Å². The molecule has 0 aliphatic heterocycles. The molecule has 4 N–H and O–H groups in total. The Bertz CT molecular complexity index is 1380. The van der Waals surface area contributed by atoms with E-state index >= 15 is 0 Å². The highest BCUT2D eigenvalue weighted by Gasteiger charge is 2.22. The standard InChI is InChI=1S/C31H37N7O2/c1-2-3-17-33-31-35-21-27(28(37-31)36-24-11-15-26(39)16-12-24)30(40)34-20-22-9-13-25(14-10-22)38-19-18-32-29(38)23-7-5-4-6-8-23/h4-10,13-14,18-19,21,24,26,39H,2-3,11-12,15-17,20H2,1H3,(H,34,40)(H2,33,35,36,37). The third-order valence-electron chi connectivity index (χ3n) is 7.22. The van der Waals surface area contributed by atoms with Crippen LogP contribution in [0.3, 0.4) is 0 Å². The van der Waals surface area contributed by atoms with Crippen LogP contribution in [-0.4, -0.2) is 49.2 Å². The fourth-order valence-corrected chi connectivity index (χ4v) is 4.90. The molecule has 9 nitrogen and oxygen atoms in total. The molecule has 0 bridgehead atoms. The van der Waals surface area contributed by atoms with Crippen LogP contribution >= 0.6 is 0 Å². The number of aliphatic hydroxyl groups is 1. The molecule has 1 aliphatic carbocycles. The van der Waals surface area contributed by atoms with E-state index < -0.39 is 0 Å². The van der Waals surface area contributed by atoms with Gasteiger partial charge in [0, 0.05) is 49.0 Å². The number of anilines is 2. The molecule has 4 aromatic rings. The minimum Gasteiger partial charge on any atom is -0.393 e. The maximum Gasteiger partial charge on any atom is 0.256 e. The molecular weight excluding hydrogens is 502 g/mol. The van der Waals surface area contributed by atoms with Crippen LogP contribution in [0.1, 0.15) is 61.4 Å². The molecule has 5 rings (SSSR count). The summed E-state index contributed by atoms with van der Waals surface area (Å²) in [6.07, 6.45) is 10.3. The molecule has 0 atom stereocenters. The first-order chi connectivity index (χ1) is 19.6. The van der Waals surface area contributed by atoms with E-state index in [2.05, 4.69) is 37.8 Å². The van der Waals surface area contributed by atoms with Gasteiger partial charge in [-0.3, -0.25) is 9.36 Å². The molecule has 0 saturated heterocycles. The number of imidazole rings is 1. The lowest BCUT2D eigenvalue weighted by Crippen LogP contribution is -2.31. The number of nitrogens with zero attached hydrogens (tertiary/aromatic N) is 4. The molecule has 2 heterocycles. The number of rotatable bonds is 11. The van der Waals surface area contributed by atoms with Gasteiger partial charge in [-0.05, 0) is 49.8 Å². The highest BCUT2D eigenvalue weighted by molar-refractivity contribution is 5.98. The fraction of sp³-hybridized carbons (Fsp3) is 0.355. The van der Waals surface area contributed by atoms with E-state index in [4.69, 9.17) is 0 Å². The summed E-state index contributed by atoms with van der Waals surface area (Å²) in [4.78, 5) is 26.8. The monoisotopic (exact) mass is 539 g/mol. The Morgan fingerprint density at radius 3 is 2.55 bits per heavy atom. The van der Waals surface area contributed by atoms with Crippen molar-refractivity contribution in [2.45, 2.75) is 64.1 Å². The number of nitrogens with one attached hydrogen (secondary N) is 3. The van der Waals surface area contributed by atoms with Gasteiger partial charge in [0.2, 0.25) is 5.95 Å². The minimum atomic E-state index is -0.248. The number of aromatic nitrogens is 4. The maximum absolute atomic E-state index is 13.3. The number of carbonyl (C=O) groups excluding carboxylic acids is 1. The zero-order chi connectivity index (χ0) is 27.7. The number of hydrogen-bond acceptors (Lipinski definition) is 7. The predicted octanol–water partition coefficient (Wildman–Crippen LogP) is 5.19. The smallest absolute Gasteiger partial charge is 0.256 e. The highest BCUT2D eigenvalue weighted by Crippen LogP contribution is 2.24. The van der Waals surface area contributed by atoms with Crippen molar-refractivity contribution < 1.29 is 9.90 Å². The van der Waals surface area contributed by atoms with E-state index in [0.29, 0.717) is 23.9 Å². The SMILES string of the molecule is CCCCNc1ncc(C(=O)NCc2ccc(-n3ccnc3-c3ccccc3)cc2)c(NC2CCC(O)CC2)n1. The van der Waals surface area contributed by atoms with Gasteiger partial charge in [-0.25, -0.2) is 9.97 Å². The van der Waals surface area contributed by atoms with Gasteiger partial charge in [0.1, 0.15) is 17.2 Å². The molecule has 1 aliphatic rings. The van der Waals surface area contributed by atoms with Crippen LogP contribution in [0.15, 0.2) is 73.2 Å². The van der Waals surface area contributed by atoms with Crippen molar-refractivity contribution in [2.24, 2.45) is 0 Å². The first kappa shape index (κ1) is 27.3. The predicted molar refractivity (Wildman–Crippen MR) is 157 cm³/mol. The van der Waals surface area contributed by atoms with Crippen LogP contribution < -0.4 is 16.0 Å². The summed E-state index contributed by atoms with van der Waals surface area (Å²) >= 11 is 0. The lowest BCUT2D eigenvalue weighted by atomic mass is 9.93. The van der Waals surface area contributed by atoms with Crippen molar-refractivity contribution in [1.82, 2.24) is 24.8 Å². The quantitative estimate of drug-likeness (QED) is 0.194. The summed E-state index contributed by atoms with van der Waals surface area (Å²) in [5, 5.41) is 19.6. The molecular formula is C31H37N7O2. The molecule has 208 valence electrons. The number of hydrogen-bond donors (Lipinski definition) is 4. The molecule has 40 heavy (non-hydrogen) atoms. The van der Waals surface area contributed by atoms with Gasteiger partial charge in [-0.1, -0.05) is 55.8 Å². The summed E-state index contributed by atoms with van der Waals surface area (Å²) in [7, 11) is 0. The zero-order valence-corrected chi connectivity index (χ0v) is 22.9. The summed E-state index contributed by atoms with van der Waals surface area (Å²) in [6.45, 7) is 3.28. The normalized spacial score (nSPS) is 16.9. The maximum atomic E-state index is 13.3. The average molecular weight is 540 g/mol. The molecule has 1 amide bonds. The van der Waals surface area contributed by atoms with Gasteiger partial charge >= 0.3 is 0 Å². The number of amides is 1. The zero-order valence-electron chi connectivity index (χ0n) is 22.9. The molecule has 0 unspecified atom stereocenters. The third kappa shape index (κ3) is 6.84. The highest BCUT2D eigenvalue weighted by atomic mass is 16.3. The lowest BCUT2D eigenvalue weighted by molar-refractivity contribution is 0.0950. The van der Waals surface area contributed by atoms with Crippen LogP contribution in [-0.2, 0) is 6.54 Å². The topological polar surface area (TPSA) is 117 Å². The Morgan fingerprint density at radius 1 is 1.02 bits per heavy atom. The van der Waals surface area contributed by atoms with Crippen molar-refractivity contribution in [2.75, 3.05) is 17.2 Å². The molecule has 1 fully saturated rings. The Hall–Kier alpha value is -4.24. The number of unbranched alkanes of at least 4 members (excludes halogenated alkanes) is 1. The van der Waals surface area contributed by atoms with Crippen LogP contribution in [0.25, 0.3) is 17.1 Å². The van der Waals surface area contributed by atoms with Gasteiger partial charge in [-0.2, -0.15) is 4.98 Å². The second-order valence-corrected chi connectivity index (χ2v) is 10.2. The fourth-order valence-electron chi connectivity index (χ4n) is 4.90. The van der Waals surface area contributed by atoms with Crippen molar-refractivity contribution in [1.29, 1.82) is 0 Å². The van der Waals surface area contributed by atoms with Crippen molar-refractivity contribution in [3.8, 4) is 17.1 Å². The molecule has 0 spiro atoms. The Balaban J connectivity index is 1.26. The number of aliphatic hydroxyl groups excluding tert-OH is 1. The Morgan fingerprint density at radius 2 is 1.80 bits per heavy atom. The molecule has 2 aromatic carbocycles. The van der Waals surface area contributed by atoms with Gasteiger partial charge < -0.3 is 21.1 Å². The summed E-state index contributed by atoms with van der Waals surface area (Å²) in [5.74, 6) is 1.68. The summed E-state index contributed by atoms with van der Waals surface area (Å²) in [6, 6.07) is 18.3. The molecule has 2 aromatic heterocycles. The van der Waals surface area contributed by atoms with Crippen LogP contribution in [0.4, 0.5) is 11.8 Å².